The van der Waals surface area contributed by atoms with Crippen LogP contribution >= 0.6 is 0 Å². The van der Waals surface area contributed by atoms with Crippen molar-refractivity contribution in [3.8, 4) is 0 Å². The second-order valence-electron chi connectivity index (χ2n) is 6.36. The van der Waals surface area contributed by atoms with Crippen LogP contribution in [-0.2, 0) is 15.6 Å². The van der Waals surface area contributed by atoms with Gasteiger partial charge in [0.2, 0.25) is 5.91 Å². The van der Waals surface area contributed by atoms with E-state index in [0.29, 0.717) is 24.4 Å². The summed E-state index contributed by atoms with van der Waals surface area (Å²) in [5, 5.41) is 9.91. The van der Waals surface area contributed by atoms with Crippen LogP contribution in [0.25, 0.3) is 0 Å². The first-order chi connectivity index (χ1) is 11.1. The number of guanidine groups is 1. The molecule has 0 heterocycles. The molecule has 0 aliphatic heterocycles. The Hall–Kier alpha value is -1.11. The fraction of sp³-hybridized carbons (Fsp3) is 0.875. The van der Waals surface area contributed by atoms with Gasteiger partial charge in [-0.25, -0.2) is 0 Å². The third-order valence-corrected chi connectivity index (χ3v) is 6.25. The lowest BCUT2D eigenvalue weighted by Crippen LogP contribution is -2.48. The van der Waals surface area contributed by atoms with Gasteiger partial charge in [-0.3, -0.25) is 14.0 Å². The molecule has 2 saturated carbocycles. The second-order valence-corrected chi connectivity index (χ2v) is 8.37. The monoisotopic (exact) mass is 342 g/mol. The van der Waals surface area contributed by atoms with Crippen LogP contribution in [0.3, 0.4) is 0 Å². The molecule has 0 bridgehead atoms. The predicted octanol–water partition coefficient (Wildman–Crippen LogP) is 0.757. The predicted molar refractivity (Wildman–Crippen MR) is 95.0 cm³/mol. The number of rotatable bonds is 7. The maximum Gasteiger partial charge on any atom is 0.223 e. The van der Waals surface area contributed by atoms with E-state index in [1.807, 2.05) is 6.92 Å². The van der Waals surface area contributed by atoms with Crippen LogP contribution in [0.5, 0.6) is 0 Å². The van der Waals surface area contributed by atoms with E-state index >= 15 is 0 Å². The van der Waals surface area contributed by atoms with Crippen LogP contribution in [0.1, 0.15) is 45.4 Å². The summed E-state index contributed by atoms with van der Waals surface area (Å²) in [5.41, 5.74) is 0. The van der Waals surface area contributed by atoms with Crippen molar-refractivity contribution < 1.29 is 9.00 Å². The number of carbonyl (C=O) groups excluding carboxylic acids is 1. The van der Waals surface area contributed by atoms with E-state index in [1.54, 1.807) is 7.05 Å². The minimum absolute atomic E-state index is 0.173. The fourth-order valence-corrected chi connectivity index (χ4v) is 4.34. The third-order valence-electron chi connectivity index (χ3n) is 4.51. The van der Waals surface area contributed by atoms with Gasteiger partial charge in [0.1, 0.15) is 0 Å². The molecule has 0 aromatic heterocycles. The van der Waals surface area contributed by atoms with E-state index in [-0.39, 0.29) is 11.8 Å². The zero-order valence-corrected chi connectivity index (χ0v) is 15.1. The molecule has 1 amide bonds. The number of amides is 1. The highest BCUT2D eigenvalue weighted by Gasteiger charge is 2.29. The first kappa shape index (κ1) is 18.2. The molecule has 6 nitrogen and oxygen atoms in total. The first-order valence-electron chi connectivity index (χ1n) is 8.76. The molecule has 2 fully saturated rings. The molecule has 0 spiro atoms. The van der Waals surface area contributed by atoms with Crippen molar-refractivity contribution in [3.63, 3.8) is 0 Å². The van der Waals surface area contributed by atoms with Crippen LogP contribution in [0.15, 0.2) is 4.99 Å². The Morgan fingerprint density at radius 2 is 1.91 bits per heavy atom. The highest BCUT2D eigenvalue weighted by Crippen LogP contribution is 2.28. The minimum atomic E-state index is -0.709. The van der Waals surface area contributed by atoms with Crippen molar-refractivity contribution in [2.24, 2.45) is 10.9 Å². The van der Waals surface area contributed by atoms with Crippen molar-refractivity contribution in [1.82, 2.24) is 16.0 Å². The molecule has 0 aromatic rings. The van der Waals surface area contributed by atoms with Gasteiger partial charge < -0.3 is 16.0 Å². The summed E-state index contributed by atoms with van der Waals surface area (Å²) >= 11 is 0. The number of nitrogens with zero attached hydrogens (tertiary/aromatic N) is 1. The highest BCUT2D eigenvalue weighted by atomic mass is 32.2. The van der Waals surface area contributed by atoms with Crippen LogP contribution < -0.4 is 16.0 Å². The third kappa shape index (κ3) is 6.12. The molecule has 2 aliphatic rings. The maximum absolute atomic E-state index is 12.0. The summed E-state index contributed by atoms with van der Waals surface area (Å²) in [6.07, 6.45) is 6.28. The molecule has 2 rings (SSSR count). The van der Waals surface area contributed by atoms with Crippen LogP contribution in [-0.4, -0.2) is 53.3 Å². The average molecular weight is 343 g/mol. The summed E-state index contributed by atoms with van der Waals surface area (Å²) < 4.78 is 12.0. The van der Waals surface area contributed by atoms with Gasteiger partial charge in [0, 0.05) is 53.9 Å². The summed E-state index contributed by atoms with van der Waals surface area (Å²) in [4.78, 5) is 15.8. The molecule has 132 valence electrons. The summed E-state index contributed by atoms with van der Waals surface area (Å²) in [7, 11) is 1.04. The first-order valence-corrected chi connectivity index (χ1v) is 10.1. The molecular weight excluding hydrogens is 312 g/mol. The highest BCUT2D eigenvalue weighted by molar-refractivity contribution is 7.85. The topological polar surface area (TPSA) is 82.6 Å². The van der Waals surface area contributed by atoms with Crippen LogP contribution in [0.4, 0.5) is 0 Å². The van der Waals surface area contributed by atoms with Crippen molar-refractivity contribution >= 4 is 22.7 Å². The van der Waals surface area contributed by atoms with Gasteiger partial charge in [-0.1, -0.05) is 13.3 Å². The van der Waals surface area contributed by atoms with Crippen molar-refractivity contribution in [1.29, 1.82) is 0 Å². The van der Waals surface area contributed by atoms with E-state index in [2.05, 4.69) is 20.9 Å². The number of carbonyl (C=O) groups is 1. The molecular formula is C16H30N4O2S. The Morgan fingerprint density at radius 3 is 2.57 bits per heavy atom. The Morgan fingerprint density at radius 1 is 1.17 bits per heavy atom. The van der Waals surface area contributed by atoms with Crippen molar-refractivity contribution in [2.45, 2.75) is 56.7 Å². The quantitative estimate of drug-likeness (QED) is 0.362. The number of hydrogen-bond donors (Lipinski definition) is 3. The molecule has 0 saturated heterocycles. The number of hydrogen-bond acceptors (Lipinski definition) is 3. The Kier molecular flexibility index (Phi) is 7.33. The Labute approximate surface area is 141 Å². The number of aliphatic imine (C=N–C) groups is 1. The summed E-state index contributed by atoms with van der Waals surface area (Å²) in [6, 6.07) is 0.330. The van der Waals surface area contributed by atoms with Gasteiger partial charge in [0.05, 0.1) is 0 Å². The maximum atomic E-state index is 12.0. The minimum Gasteiger partial charge on any atom is -0.355 e. The molecule has 2 aliphatic carbocycles. The van der Waals surface area contributed by atoms with E-state index in [4.69, 9.17) is 0 Å². The smallest absolute Gasteiger partial charge is 0.223 e. The lowest BCUT2D eigenvalue weighted by atomic mass is 9.95. The number of nitrogens with one attached hydrogen (secondary N) is 3. The molecule has 23 heavy (non-hydrogen) atoms. The zero-order valence-electron chi connectivity index (χ0n) is 14.3. The van der Waals surface area contributed by atoms with E-state index in [1.165, 1.54) is 0 Å². The lowest BCUT2D eigenvalue weighted by molar-refractivity contribution is -0.122. The normalized spacial score (nSPS) is 26.4. The zero-order chi connectivity index (χ0) is 16.7. The van der Waals surface area contributed by atoms with Gasteiger partial charge in [0.15, 0.2) is 5.96 Å². The van der Waals surface area contributed by atoms with Crippen LogP contribution in [0.2, 0.25) is 0 Å². The molecule has 7 heteroatoms. The second kappa shape index (κ2) is 9.25. The van der Waals surface area contributed by atoms with Gasteiger partial charge in [-0.15, -0.1) is 0 Å². The van der Waals surface area contributed by atoms with Crippen molar-refractivity contribution in [2.75, 3.05) is 25.9 Å². The molecule has 3 unspecified atom stereocenters. The van der Waals surface area contributed by atoms with E-state index in [9.17, 15) is 9.00 Å². The van der Waals surface area contributed by atoms with E-state index in [0.717, 1.165) is 50.2 Å². The van der Waals surface area contributed by atoms with Gasteiger partial charge in [-0.2, -0.15) is 0 Å². The molecule has 3 atom stereocenters. The standard InChI is InChI=1S/C16H30N4O2S/c1-3-23(22)14-6-4-5-13(11-14)20-16(17-2)19-10-9-18-15(21)12-7-8-12/h12-14H,3-11H2,1-2H3,(H,18,21)(H2,17,19,20). The lowest BCUT2D eigenvalue weighted by Gasteiger charge is -2.30. The van der Waals surface area contributed by atoms with Gasteiger partial charge in [0.25, 0.3) is 0 Å². The van der Waals surface area contributed by atoms with Crippen LogP contribution in [0, 0.1) is 5.92 Å². The molecule has 0 aromatic carbocycles. The molecule has 3 N–H and O–H groups in total. The molecule has 0 radical (unpaired) electrons. The van der Waals surface area contributed by atoms with E-state index < -0.39 is 10.8 Å². The largest absolute Gasteiger partial charge is 0.355 e. The fourth-order valence-electron chi connectivity index (χ4n) is 2.99. The average Bonchev–Trinajstić information content (AvgIpc) is 3.42. The van der Waals surface area contributed by atoms with Gasteiger partial charge in [-0.05, 0) is 32.1 Å². The Bertz CT molecular complexity index is 451. The van der Waals surface area contributed by atoms with Crippen molar-refractivity contribution in [3.05, 3.63) is 0 Å². The Balaban J connectivity index is 1.67. The summed E-state index contributed by atoms with van der Waals surface area (Å²) in [6.45, 7) is 3.27. The SMILES string of the molecule is CCS(=O)C1CCCC(NC(=NC)NCCNC(=O)C2CC2)C1. The summed E-state index contributed by atoms with van der Waals surface area (Å²) in [5.74, 6) is 1.93. The van der Waals surface area contributed by atoms with Gasteiger partial charge >= 0.3 is 0 Å².